The van der Waals surface area contributed by atoms with Gasteiger partial charge >= 0.3 is 5.97 Å². The summed E-state index contributed by atoms with van der Waals surface area (Å²) in [6.45, 7) is 6.76. The average molecular weight is 545 g/mol. The highest BCUT2D eigenvalue weighted by Gasteiger charge is 2.74. The lowest BCUT2D eigenvalue weighted by Crippen LogP contribution is -2.59. The van der Waals surface area contributed by atoms with Crippen molar-refractivity contribution in [3.8, 4) is 0 Å². The molecule has 4 heterocycles. The minimum atomic E-state index is -0.894. The summed E-state index contributed by atoms with van der Waals surface area (Å²) in [7, 11) is 0. The Labute approximate surface area is 231 Å². The lowest BCUT2D eigenvalue weighted by atomic mass is 9.74. The van der Waals surface area contributed by atoms with Crippen molar-refractivity contribution in [2.75, 3.05) is 19.8 Å². The van der Waals surface area contributed by atoms with Gasteiger partial charge in [-0.3, -0.25) is 14.4 Å². The zero-order valence-corrected chi connectivity index (χ0v) is 24.0. The van der Waals surface area contributed by atoms with Crippen molar-refractivity contribution < 1.29 is 24.2 Å². The van der Waals surface area contributed by atoms with Gasteiger partial charge in [-0.25, -0.2) is 0 Å². The fraction of sp³-hybridized carbons (Fsp3) is 0.767. The van der Waals surface area contributed by atoms with Gasteiger partial charge in [-0.1, -0.05) is 63.8 Å². The first-order chi connectivity index (χ1) is 18.3. The number of likely N-dealkylation sites (tertiary alicyclic amines) is 1. The fourth-order valence-electron chi connectivity index (χ4n) is 7.65. The number of rotatable bonds is 5. The molecule has 8 heteroatoms. The van der Waals surface area contributed by atoms with Gasteiger partial charge < -0.3 is 19.6 Å². The monoisotopic (exact) mass is 544 g/mol. The van der Waals surface area contributed by atoms with E-state index in [1.54, 1.807) is 16.7 Å². The van der Waals surface area contributed by atoms with Crippen LogP contribution in [0.3, 0.4) is 0 Å². The first kappa shape index (κ1) is 27.8. The Hall–Kier alpha value is -1.80. The molecule has 1 saturated carbocycles. The van der Waals surface area contributed by atoms with E-state index in [-0.39, 0.29) is 36.4 Å². The van der Waals surface area contributed by atoms with Crippen LogP contribution in [0.2, 0.25) is 0 Å². The van der Waals surface area contributed by atoms with Crippen LogP contribution in [0.25, 0.3) is 0 Å². The van der Waals surface area contributed by atoms with Gasteiger partial charge in [0.25, 0.3) is 0 Å². The number of amides is 2. The maximum absolute atomic E-state index is 14.7. The first-order valence-corrected chi connectivity index (χ1v) is 15.6. The number of carbonyl (C=O) groups is 3. The number of hydrogen-bond acceptors (Lipinski definition) is 6. The molecular formula is C30H44N2O5S. The third-order valence-corrected chi connectivity index (χ3v) is 11.6. The highest BCUT2D eigenvalue weighted by Crippen LogP contribution is 2.65. The van der Waals surface area contributed by atoms with Crippen LogP contribution in [0, 0.1) is 17.8 Å². The molecule has 210 valence electrons. The lowest BCUT2D eigenvalue weighted by Gasteiger charge is -2.43. The Kier molecular flexibility index (Phi) is 8.03. The van der Waals surface area contributed by atoms with Crippen molar-refractivity contribution >= 4 is 29.5 Å². The molecule has 0 aromatic heterocycles. The number of fused-ring (bicyclic) bond motifs is 2. The Balaban J connectivity index is 1.65. The minimum absolute atomic E-state index is 0.00951. The first-order valence-electron chi connectivity index (χ1n) is 14.7. The van der Waals surface area contributed by atoms with Crippen LogP contribution in [-0.2, 0) is 19.1 Å². The van der Waals surface area contributed by atoms with Gasteiger partial charge in [-0.15, -0.1) is 11.8 Å². The second-order valence-corrected chi connectivity index (χ2v) is 13.9. The van der Waals surface area contributed by atoms with E-state index in [0.29, 0.717) is 13.2 Å². The summed E-state index contributed by atoms with van der Waals surface area (Å²) < 4.78 is 4.20. The standard InChI is InChI=1S/C30H44N2O5S/c1-4-20(2)22(19-33)32-25-27(35)31(21-13-8-7-9-14-21)17-12-16-30(25)23(26(32)34)24-28(36)37-18-11-6-5-10-15-29(24,3)38-30/h10,12,15-16,20-25,33H,4-9,11,13-14,17-19H2,1-3H3/b15-10-/t20-,22-,23-,24-,25?,29+,30-/m0/s1. The Morgan fingerprint density at radius 1 is 1.05 bits per heavy atom. The largest absolute Gasteiger partial charge is 0.465 e. The second-order valence-electron chi connectivity index (χ2n) is 12.1. The molecule has 7 nitrogen and oxygen atoms in total. The number of cyclic esters (lactones) is 1. The Bertz CT molecular complexity index is 993. The highest BCUT2D eigenvalue weighted by molar-refractivity contribution is 8.02. The molecule has 4 aliphatic heterocycles. The number of nitrogens with zero attached hydrogens (tertiary/aromatic N) is 2. The Morgan fingerprint density at radius 2 is 1.82 bits per heavy atom. The van der Waals surface area contributed by atoms with E-state index in [0.717, 1.165) is 51.4 Å². The third-order valence-electron chi connectivity index (χ3n) is 9.83. The summed E-state index contributed by atoms with van der Waals surface area (Å²) in [6, 6.07) is -1.08. The molecule has 0 radical (unpaired) electrons. The maximum Gasteiger partial charge on any atom is 0.311 e. The number of thioether (sulfide) groups is 1. The van der Waals surface area contributed by atoms with Crippen LogP contribution in [0.1, 0.15) is 78.6 Å². The molecule has 0 bridgehead atoms. The molecule has 0 aromatic carbocycles. The zero-order chi connectivity index (χ0) is 27.1. The van der Waals surface area contributed by atoms with Crippen molar-refractivity contribution in [2.24, 2.45) is 17.8 Å². The molecule has 2 saturated heterocycles. The van der Waals surface area contributed by atoms with Crippen LogP contribution >= 0.6 is 11.8 Å². The van der Waals surface area contributed by atoms with E-state index in [9.17, 15) is 19.5 Å². The maximum atomic E-state index is 14.7. The number of aliphatic hydroxyl groups is 1. The number of ether oxygens (including phenoxy) is 1. The molecule has 0 aromatic rings. The smallest absolute Gasteiger partial charge is 0.311 e. The molecule has 1 N–H and O–H groups in total. The minimum Gasteiger partial charge on any atom is -0.465 e. The fourth-order valence-corrected chi connectivity index (χ4v) is 9.79. The summed E-state index contributed by atoms with van der Waals surface area (Å²) in [5, 5.41) is 10.6. The number of allylic oxidation sites excluding steroid dienone is 1. The molecule has 2 amide bonds. The number of carbonyl (C=O) groups excluding carboxylic acids is 3. The number of aliphatic hydroxyl groups excluding tert-OH is 1. The zero-order valence-electron chi connectivity index (χ0n) is 23.1. The van der Waals surface area contributed by atoms with Crippen molar-refractivity contribution in [1.29, 1.82) is 0 Å². The normalized spacial score (nSPS) is 38.6. The van der Waals surface area contributed by atoms with Gasteiger partial charge in [0.15, 0.2) is 0 Å². The molecule has 38 heavy (non-hydrogen) atoms. The second kappa shape index (κ2) is 11.0. The van der Waals surface area contributed by atoms with Gasteiger partial charge in [0, 0.05) is 17.3 Å². The van der Waals surface area contributed by atoms with E-state index in [2.05, 4.69) is 24.3 Å². The Morgan fingerprint density at radius 3 is 2.53 bits per heavy atom. The SMILES string of the molecule is CC[C@H](C)[C@H](CO)N1C(=O)[C@@H]2[C@H]3C(=O)OCCCC/C=C\[C@@]3(C)S[C@@]23C=CCN(C2CCCCC2)C(=O)C13. The van der Waals surface area contributed by atoms with Crippen molar-refractivity contribution in [1.82, 2.24) is 9.80 Å². The van der Waals surface area contributed by atoms with Gasteiger partial charge in [-0.2, -0.15) is 0 Å². The van der Waals surface area contributed by atoms with Crippen LogP contribution in [0.15, 0.2) is 24.3 Å². The number of hydrogen-bond donors (Lipinski definition) is 1. The van der Waals surface area contributed by atoms with E-state index in [1.807, 2.05) is 25.7 Å². The molecule has 1 aliphatic carbocycles. The van der Waals surface area contributed by atoms with E-state index < -0.39 is 33.4 Å². The van der Waals surface area contributed by atoms with Crippen LogP contribution in [-0.4, -0.2) is 80.1 Å². The van der Waals surface area contributed by atoms with E-state index in [4.69, 9.17) is 4.74 Å². The summed E-state index contributed by atoms with van der Waals surface area (Å²) in [6.07, 6.45) is 17.2. The van der Waals surface area contributed by atoms with E-state index >= 15 is 0 Å². The van der Waals surface area contributed by atoms with Gasteiger partial charge in [-0.05, 0) is 44.9 Å². The highest BCUT2D eigenvalue weighted by atomic mass is 32.2. The van der Waals surface area contributed by atoms with Crippen molar-refractivity contribution in [2.45, 2.75) is 106 Å². The summed E-state index contributed by atoms with van der Waals surface area (Å²) in [4.78, 5) is 46.6. The molecule has 1 spiro atoms. The molecule has 1 unspecified atom stereocenters. The number of esters is 1. The van der Waals surface area contributed by atoms with Crippen molar-refractivity contribution in [3.05, 3.63) is 24.3 Å². The van der Waals surface area contributed by atoms with Crippen LogP contribution < -0.4 is 0 Å². The van der Waals surface area contributed by atoms with Gasteiger partial charge in [0.1, 0.15) is 6.04 Å². The van der Waals surface area contributed by atoms with Gasteiger partial charge in [0.05, 0.1) is 35.8 Å². The summed E-state index contributed by atoms with van der Waals surface area (Å²) in [5.41, 5.74) is 0. The molecule has 7 atom stereocenters. The topological polar surface area (TPSA) is 87.2 Å². The summed E-state index contributed by atoms with van der Waals surface area (Å²) in [5.74, 6) is -1.98. The van der Waals surface area contributed by atoms with Crippen molar-refractivity contribution in [3.63, 3.8) is 0 Å². The third kappa shape index (κ3) is 4.43. The van der Waals surface area contributed by atoms with Gasteiger partial charge in [0.2, 0.25) is 11.8 Å². The quantitative estimate of drug-likeness (QED) is 0.414. The summed E-state index contributed by atoms with van der Waals surface area (Å²) >= 11 is 1.60. The predicted octanol–water partition coefficient (Wildman–Crippen LogP) is 4.10. The molecule has 3 fully saturated rings. The molecule has 5 rings (SSSR count). The molecule has 5 aliphatic rings. The molecular weight excluding hydrogens is 500 g/mol. The average Bonchev–Trinajstić information content (AvgIpc) is 3.24. The lowest BCUT2D eigenvalue weighted by molar-refractivity contribution is -0.155. The van der Waals surface area contributed by atoms with Crippen LogP contribution in [0.5, 0.6) is 0 Å². The van der Waals surface area contributed by atoms with E-state index in [1.165, 1.54) is 6.42 Å². The predicted molar refractivity (Wildman–Crippen MR) is 148 cm³/mol. The van der Waals surface area contributed by atoms with Crippen LogP contribution in [0.4, 0.5) is 0 Å².